The first-order valence-electron chi connectivity index (χ1n) is 0.832. The maximum atomic E-state index is 3.50. The molecule has 0 aromatic rings. The van der Waals surface area contributed by atoms with Gasteiger partial charge in [-0.1, -0.05) is 0 Å². The second-order valence-corrected chi connectivity index (χ2v) is 2.55. The molecule has 0 saturated heterocycles. The molecule has 3 heteroatoms. The molecule has 0 rings (SSSR count). The van der Waals surface area contributed by atoms with Crippen molar-refractivity contribution in [3.63, 3.8) is 0 Å². The predicted octanol–water partition coefficient (Wildman–Crippen LogP) is 1.04. The van der Waals surface area contributed by atoms with Gasteiger partial charge >= 0.3 is 29.1 Å². The molecular formula is CH3BP2. The van der Waals surface area contributed by atoms with Gasteiger partial charge in [0.2, 0.25) is 0 Å². The van der Waals surface area contributed by atoms with Gasteiger partial charge in [0.15, 0.2) is 0 Å². The Morgan fingerprint density at radius 2 is 2.00 bits per heavy atom. The second-order valence-electron chi connectivity index (χ2n) is 0.283. The van der Waals surface area contributed by atoms with Gasteiger partial charge in [0.25, 0.3) is 0 Å². The number of hydrogen-bond acceptors (Lipinski definition) is 0. The maximum absolute atomic E-state index is 3.50. The van der Waals surface area contributed by atoms with E-state index >= 15 is 0 Å². The van der Waals surface area contributed by atoms with Crippen LogP contribution in [0.4, 0.5) is 0 Å². The molecule has 0 aromatic carbocycles. The van der Waals surface area contributed by atoms with Crippen molar-refractivity contribution >= 4 is 29.1 Å². The minimum absolute atomic E-state index is 1.11. The number of hydrogen-bond donors (Lipinski definition) is 0. The summed E-state index contributed by atoms with van der Waals surface area (Å²) >= 11 is 0. The molecule has 0 aliphatic heterocycles. The van der Waals surface area contributed by atoms with Crippen LogP contribution in [-0.2, 0) is 0 Å². The van der Waals surface area contributed by atoms with Gasteiger partial charge < -0.3 is 0 Å². The van der Waals surface area contributed by atoms with Crippen LogP contribution in [0.5, 0.6) is 0 Å². The summed E-state index contributed by atoms with van der Waals surface area (Å²) < 4.78 is 0. The van der Waals surface area contributed by atoms with Crippen LogP contribution in [0.3, 0.4) is 0 Å². The summed E-state index contributed by atoms with van der Waals surface area (Å²) in [6.07, 6.45) is 3.50. The first kappa shape index (κ1) is 4.53. The molecule has 0 saturated carbocycles. The molecule has 20 valence electrons. The molecule has 0 bridgehead atoms. The van der Waals surface area contributed by atoms with Crippen molar-refractivity contribution in [1.82, 2.24) is 0 Å². The van der Waals surface area contributed by atoms with Crippen molar-refractivity contribution in [2.24, 2.45) is 0 Å². The molecule has 0 unspecified atom stereocenters. The fourth-order valence-electron chi connectivity index (χ4n) is 0. The Balaban J connectivity index is 2.73. The molecule has 0 amide bonds. The van der Waals surface area contributed by atoms with Crippen molar-refractivity contribution in [1.29, 1.82) is 0 Å². The zero-order valence-electron chi connectivity index (χ0n) is 2.31. The Morgan fingerprint density at radius 1 is 1.75 bits per heavy atom. The normalized spacial score (nSPS) is 8.75. The van der Waals surface area contributed by atoms with E-state index in [4.69, 9.17) is 0 Å². The third-order valence-corrected chi connectivity index (χ3v) is 0.900. The van der Waals surface area contributed by atoms with Crippen LogP contribution in [0.15, 0.2) is 0 Å². The van der Waals surface area contributed by atoms with Crippen molar-refractivity contribution < 1.29 is 0 Å². The van der Waals surface area contributed by atoms with Crippen LogP contribution < -0.4 is 0 Å². The van der Waals surface area contributed by atoms with Gasteiger partial charge in [-0.25, -0.2) is 0 Å². The summed E-state index contributed by atoms with van der Waals surface area (Å²) in [5.41, 5.74) is 0. The van der Waals surface area contributed by atoms with Crippen molar-refractivity contribution in [3.05, 3.63) is 0 Å². The van der Waals surface area contributed by atoms with Gasteiger partial charge in [0.1, 0.15) is 0 Å². The Morgan fingerprint density at radius 3 is 2.00 bits per heavy atom. The van der Waals surface area contributed by atoms with Crippen LogP contribution in [0, 0.1) is 0 Å². The molecule has 0 spiro atoms. The van der Waals surface area contributed by atoms with E-state index in [-0.39, 0.29) is 0 Å². The molecule has 4 heavy (non-hydrogen) atoms. The fourth-order valence-corrected chi connectivity index (χ4v) is 0. The van der Waals surface area contributed by atoms with Crippen LogP contribution in [0.25, 0.3) is 0 Å². The zero-order valence-corrected chi connectivity index (χ0v) is 4.10. The number of rotatable bonds is 1. The summed E-state index contributed by atoms with van der Waals surface area (Å²) in [5, 5.41) is 0. The van der Waals surface area contributed by atoms with Crippen LogP contribution in [0.1, 0.15) is 0 Å². The van der Waals surface area contributed by atoms with Crippen LogP contribution in [0.2, 0.25) is 0 Å². The Labute approximate surface area is 30.1 Å². The quantitative estimate of drug-likeness (QED) is 0.331. The Bertz CT molecular complexity index is 27.0. The Kier molecular flexibility index (Phi) is 4.01. The molecular weight excluding hydrogens is 84.8 g/mol. The topological polar surface area (TPSA) is 0 Å². The summed E-state index contributed by atoms with van der Waals surface area (Å²) in [4.78, 5) is 0. The molecule has 0 N–H and O–H groups in total. The van der Waals surface area contributed by atoms with Crippen molar-refractivity contribution in [2.45, 2.75) is 0 Å². The Hall–Kier alpha value is 0.535. The summed E-state index contributed by atoms with van der Waals surface area (Å²) in [7, 11) is 5.72. The monoisotopic (exact) mass is 88.0 g/mol. The van der Waals surface area contributed by atoms with Crippen molar-refractivity contribution in [3.8, 4) is 0 Å². The van der Waals surface area contributed by atoms with E-state index in [1.165, 1.54) is 0 Å². The van der Waals surface area contributed by atoms with Gasteiger partial charge in [-0.3, -0.25) is 0 Å². The van der Waals surface area contributed by atoms with Gasteiger partial charge in [-0.05, 0) is 0 Å². The standard InChI is InChI=1S/CH3BP2/c1-3-4-2/h2H,1H2. The van der Waals surface area contributed by atoms with E-state index in [1.54, 1.807) is 0 Å². The summed E-state index contributed by atoms with van der Waals surface area (Å²) in [5.74, 6) is 0. The first-order valence-corrected chi connectivity index (χ1v) is 3.70. The average molecular weight is 87.8 g/mol. The summed E-state index contributed by atoms with van der Waals surface area (Å²) in [6.45, 7) is 0. The SMILES string of the molecule is B=PP=C. The van der Waals surface area contributed by atoms with Crippen LogP contribution in [-0.4, -0.2) is 13.5 Å². The van der Waals surface area contributed by atoms with E-state index in [0.29, 0.717) is 0 Å². The van der Waals surface area contributed by atoms with E-state index in [9.17, 15) is 0 Å². The fraction of sp³-hybridized carbons (Fsp3) is 0. The molecule has 0 nitrogen and oxygen atoms in total. The minimum atomic E-state index is 1.11. The summed E-state index contributed by atoms with van der Waals surface area (Å²) in [6, 6.07) is 0. The van der Waals surface area contributed by atoms with Crippen molar-refractivity contribution in [2.75, 3.05) is 0 Å². The third kappa shape index (κ3) is 2.53. The average Bonchev–Trinajstić information content (AvgIpc) is 1.37. The van der Waals surface area contributed by atoms with Gasteiger partial charge in [0.05, 0.1) is 0 Å². The van der Waals surface area contributed by atoms with E-state index in [0.717, 1.165) is 15.7 Å². The molecule has 0 aromatic heterocycles. The predicted molar refractivity (Wildman–Crippen MR) is 28.1 cm³/mol. The molecule has 0 heterocycles. The zero-order chi connectivity index (χ0) is 3.41. The van der Waals surface area contributed by atoms with Crippen LogP contribution >= 0.6 is 15.7 Å². The second kappa shape index (κ2) is 3.53. The van der Waals surface area contributed by atoms with E-state index in [1.807, 2.05) is 0 Å². The molecule has 0 aliphatic carbocycles. The van der Waals surface area contributed by atoms with Gasteiger partial charge in [0, 0.05) is 0 Å². The first-order chi connectivity index (χ1) is 1.91. The van der Waals surface area contributed by atoms with Gasteiger partial charge in [-0.2, -0.15) is 0 Å². The molecule has 0 radical (unpaired) electrons. The van der Waals surface area contributed by atoms with Gasteiger partial charge in [-0.15, -0.1) is 0 Å². The third-order valence-electron chi connectivity index (χ3n) is 0.1000. The van der Waals surface area contributed by atoms with E-state index in [2.05, 4.69) is 13.5 Å². The molecule has 0 atom stereocenters. The van der Waals surface area contributed by atoms with E-state index < -0.39 is 0 Å². The molecule has 0 aliphatic rings. The molecule has 0 fully saturated rings.